The molecule has 0 aliphatic rings. The third kappa shape index (κ3) is 4.29. The SMILES string of the molecule is N#Cc1cc(F)ccc1NC(=O)OCC(F)(F)F. The van der Waals surface area contributed by atoms with Gasteiger partial charge in [0, 0.05) is 0 Å². The topological polar surface area (TPSA) is 62.1 Å². The standard InChI is InChI=1S/C10H6F4N2O2/c11-7-1-2-8(6(3-7)4-15)16-9(17)18-5-10(12,13)14/h1-3H,5H2,(H,16,17). The van der Waals surface area contributed by atoms with Gasteiger partial charge in [0.25, 0.3) is 0 Å². The van der Waals surface area contributed by atoms with Crippen molar-refractivity contribution in [3.63, 3.8) is 0 Å². The number of nitrogens with zero attached hydrogens (tertiary/aromatic N) is 1. The van der Waals surface area contributed by atoms with E-state index in [0.29, 0.717) is 0 Å². The predicted molar refractivity (Wildman–Crippen MR) is 52.1 cm³/mol. The van der Waals surface area contributed by atoms with E-state index in [-0.39, 0.29) is 11.3 Å². The molecule has 0 atom stereocenters. The number of hydrogen-bond acceptors (Lipinski definition) is 3. The molecule has 0 saturated carbocycles. The maximum atomic E-state index is 12.7. The molecule has 0 saturated heterocycles. The van der Waals surface area contributed by atoms with Crippen LogP contribution in [0.4, 0.5) is 28.0 Å². The number of anilines is 1. The van der Waals surface area contributed by atoms with Gasteiger partial charge in [0.15, 0.2) is 6.61 Å². The number of benzene rings is 1. The van der Waals surface area contributed by atoms with Crippen molar-refractivity contribution < 1.29 is 27.1 Å². The lowest BCUT2D eigenvalue weighted by atomic mass is 10.2. The summed E-state index contributed by atoms with van der Waals surface area (Å²) >= 11 is 0. The van der Waals surface area contributed by atoms with Gasteiger partial charge in [-0.25, -0.2) is 9.18 Å². The predicted octanol–water partition coefficient (Wildman–Crippen LogP) is 2.81. The Morgan fingerprint density at radius 2 is 2.11 bits per heavy atom. The van der Waals surface area contributed by atoms with Crippen molar-refractivity contribution in [3.8, 4) is 6.07 Å². The first-order valence-electron chi connectivity index (χ1n) is 4.52. The molecule has 1 aromatic rings. The number of amides is 1. The summed E-state index contributed by atoms with van der Waals surface area (Å²) in [6.45, 7) is -1.75. The molecule has 1 N–H and O–H groups in total. The van der Waals surface area contributed by atoms with E-state index in [0.717, 1.165) is 18.2 Å². The quantitative estimate of drug-likeness (QED) is 0.833. The second-order valence-corrected chi connectivity index (χ2v) is 3.12. The van der Waals surface area contributed by atoms with Gasteiger partial charge in [-0.2, -0.15) is 18.4 Å². The summed E-state index contributed by atoms with van der Waals surface area (Å²) in [4.78, 5) is 11.0. The van der Waals surface area contributed by atoms with Crippen LogP contribution in [0.15, 0.2) is 18.2 Å². The second kappa shape index (κ2) is 5.35. The summed E-state index contributed by atoms with van der Waals surface area (Å²) in [5.74, 6) is -0.708. The van der Waals surface area contributed by atoms with Crippen molar-refractivity contribution in [2.45, 2.75) is 6.18 Å². The molecule has 0 unspecified atom stereocenters. The zero-order chi connectivity index (χ0) is 13.8. The average molecular weight is 262 g/mol. The van der Waals surface area contributed by atoms with E-state index < -0.39 is 24.7 Å². The van der Waals surface area contributed by atoms with Crippen LogP contribution in [0.25, 0.3) is 0 Å². The van der Waals surface area contributed by atoms with Crippen molar-refractivity contribution in [3.05, 3.63) is 29.6 Å². The van der Waals surface area contributed by atoms with Gasteiger partial charge in [-0.15, -0.1) is 0 Å². The molecule has 0 spiro atoms. The molecule has 0 aliphatic heterocycles. The van der Waals surface area contributed by atoms with Gasteiger partial charge in [0.05, 0.1) is 11.3 Å². The Labute approximate surface area is 98.8 Å². The van der Waals surface area contributed by atoms with Crippen molar-refractivity contribution in [2.24, 2.45) is 0 Å². The first-order valence-corrected chi connectivity index (χ1v) is 4.52. The molecule has 8 heteroatoms. The first-order chi connectivity index (χ1) is 8.31. The van der Waals surface area contributed by atoms with Crippen LogP contribution in [0.1, 0.15) is 5.56 Å². The molecule has 0 heterocycles. The van der Waals surface area contributed by atoms with Crippen LogP contribution in [0, 0.1) is 17.1 Å². The van der Waals surface area contributed by atoms with E-state index in [9.17, 15) is 22.4 Å². The summed E-state index contributed by atoms with van der Waals surface area (Å²) < 4.78 is 51.8. The van der Waals surface area contributed by atoms with E-state index in [2.05, 4.69) is 4.74 Å². The Balaban J connectivity index is 2.68. The van der Waals surface area contributed by atoms with Gasteiger partial charge in [-0.05, 0) is 18.2 Å². The monoisotopic (exact) mass is 262 g/mol. The molecule has 0 aliphatic carbocycles. The van der Waals surface area contributed by atoms with Crippen LogP contribution in [0.2, 0.25) is 0 Å². The first kappa shape index (κ1) is 13.8. The number of nitriles is 1. The van der Waals surface area contributed by atoms with E-state index in [4.69, 9.17) is 5.26 Å². The Kier molecular flexibility index (Phi) is 4.09. The van der Waals surface area contributed by atoms with Gasteiger partial charge in [-0.3, -0.25) is 5.32 Å². The van der Waals surface area contributed by atoms with Crippen LogP contribution >= 0.6 is 0 Å². The second-order valence-electron chi connectivity index (χ2n) is 3.12. The highest BCUT2D eigenvalue weighted by Crippen LogP contribution is 2.18. The highest BCUT2D eigenvalue weighted by molar-refractivity contribution is 5.86. The molecule has 4 nitrogen and oxygen atoms in total. The summed E-state index contributed by atoms with van der Waals surface area (Å²) in [6.07, 6.45) is -6.02. The minimum absolute atomic E-state index is 0.133. The van der Waals surface area contributed by atoms with Crippen LogP contribution in [0.3, 0.4) is 0 Å². The molecular weight excluding hydrogens is 256 g/mol. The number of ether oxygens (including phenoxy) is 1. The number of halogens is 4. The zero-order valence-corrected chi connectivity index (χ0v) is 8.71. The third-order valence-corrected chi connectivity index (χ3v) is 1.71. The minimum Gasteiger partial charge on any atom is -0.440 e. The molecule has 18 heavy (non-hydrogen) atoms. The Hall–Kier alpha value is -2.30. The number of carbonyl (C=O) groups excluding carboxylic acids is 1. The molecule has 0 fully saturated rings. The van der Waals surface area contributed by atoms with Crippen LogP contribution in [-0.2, 0) is 4.74 Å². The lowest BCUT2D eigenvalue weighted by Crippen LogP contribution is -2.23. The van der Waals surface area contributed by atoms with Gasteiger partial charge in [0.1, 0.15) is 11.9 Å². The number of rotatable bonds is 2. The maximum absolute atomic E-state index is 12.7. The van der Waals surface area contributed by atoms with E-state index in [1.807, 2.05) is 5.32 Å². The Bertz CT molecular complexity index is 494. The number of carbonyl (C=O) groups is 1. The van der Waals surface area contributed by atoms with Crippen LogP contribution in [-0.4, -0.2) is 18.9 Å². The molecule has 0 radical (unpaired) electrons. The van der Waals surface area contributed by atoms with Crippen LogP contribution in [0.5, 0.6) is 0 Å². The summed E-state index contributed by atoms with van der Waals surface area (Å²) in [6, 6.07) is 4.40. The highest BCUT2D eigenvalue weighted by Gasteiger charge is 2.29. The van der Waals surface area contributed by atoms with Crippen molar-refractivity contribution in [1.82, 2.24) is 0 Å². The zero-order valence-electron chi connectivity index (χ0n) is 8.71. The third-order valence-electron chi connectivity index (χ3n) is 1.71. The summed E-state index contributed by atoms with van der Waals surface area (Å²) in [5, 5.41) is 10.5. The molecule has 0 aromatic heterocycles. The van der Waals surface area contributed by atoms with Gasteiger partial charge >= 0.3 is 12.3 Å². The van der Waals surface area contributed by atoms with Crippen molar-refractivity contribution in [2.75, 3.05) is 11.9 Å². The molecule has 0 bridgehead atoms. The molecule has 1 aromatic carbocycles. The number of hydrogen-bond donors (Lipinski definition) is 1. The lowest BCUT2D eigenvalue weighted by molar-refractivity contribution is -0.159. The van der Waals surface area contributed by atoms with E-state index >= 15 is 0 Å². The Morgan fingerprint density at radius 3 is 2.67 bits per heavy atom. The molecule has 1 amide bonds. The molecular formula is C10H6F4N2O2. The van der Waals surface area contributed by atoms with Gasteiger partial charge in [-0.1, -0.05) is 0 Å². The number of nitrogens with one attached hydrogen (secondary N) is 1. The van der Waals surface area contributed by atoms with Crippen molar-refractivity contribution in [1.29, 1.82) is 5.26 Å². The maximum Gasteiger partial charge on any atom is 0.422 e. The summed E-state index contributed by atoms with van der Waals surface area (Å²) in [5.41, 5.74) is -0.356. The van der Waals surface area contributed by atoms with E-state index in [1.54, 1.807) is 6.07 Å². The highest BCUT2D eigenvalue weighted by atomic mass is 19.4. The minimum atomic E-state index is -4.64. The van der Waals surface area contributed by atoms with Gasteiger partial charge in [0.2, 0.25) is 0 Å². The smallest absolute Gasteiger partial charge is 0.422 e. The fourth-order valence-corrected chi connectivity index (χ4v) is 1.01. The normalized spacial score (nSPS) is 10.6. The number of alkyl halides is 3. The largest absolute Gasteiger partial charge is 0.440 e. The molecule has 96 valence electrons. The fraction of sp³-hybridized carbons (Fsp3) is 0.200. The molecule has 1 rings (SSSR count). The fourth-order valence-electron chi connectivity index (χ4n) is 1.01. The van der Waals surface area contributed by atoms with Gasteiger partial charge < -0.3 is 4.74 Å². The summed E-state index contributed by atoms with van der Waals surface area (Å²) in [7, 11) is 0. The lowest BCUT2D eigenvalue weighted by Gasteiger charge is -2.09. The Morgan fingerprint density at radius 1 is 1.44 bits per heavy atom. The van der Waals surface area contributed by atoms with Crippen LogP contribution < -0.4 is 5.32 Å². The van der Waals surface area contributed by atoms with Crippen molar-refractivity contribution >= 4 is 11.8 Å². The van der Waals surface area contributed by atoms with E-state index in [1.165, 1.54) is 0 Å². The average Bonchev–Trinajstić information content (AvgIpc) is 2.28.